The molecule has 1 saturated carbocycles. The molecule has 0 bridgehead atoms. The summed E-state index contributed by atoms with van der Waals surface area (Å²) in [5.41, 5.74) is 0.536. The topological polar surface area (TPSA) is 80.3 Å². The number of hydrogen-bond acceptors (Lipinski definition) is 5. The van der Waals surface area contributed by atoms with Crippen molar-refractivity contribution in [1.82, 2.24) is 10.3 Å². The van der Waals surface area contributed by atoms with Gasteiger partial charge in [-0.25, -0.2) is 9.78 Å². The molecule has 6 nitrogen and oxygen atoms in total. The summed E-state index contributed by atoms with van der Waals surface area (Å²) in [7, 11) is 0. The first kappa shape index (κ1) is 15.8. The molecule has 2 amide bonds. The lowest BCUT2D eigenvalue weighted by Crippen LogP contribution is -2.34. The minimum absolute atomic E-state index is 0.164. The fourth-order valence-electron chi connectivity index (χ4n) is 1.68. The second kappa shape index (κ2) is 6.43. The van der Waals surface area contributed by atoms with Gasteiger partial charge >= 0.3 is 6.09 Å². The number of amides is 2. The van der Waals surface area contributed by atoms with E-state index in [1.807, 2.05) is 5.38 Å². The SMILES string of the molecule is CC(C)(C)OC(=O)NCCC(=O)Nc1nc(C2CC2)cs1. The molecule has 0 aliphatic heterocycles. The van der Waals surface area contributed by atoms with Crippen LogP contribution >= 0.6 is 11.3 Å². The fourth-order valence-corrected chi connectivity index (χ4v) is 2.49. The van der Waals surface area contributed by atoms with E-state index >= 15 is 0 Å². The largest absolute Gasteiger partial charge is 0.444 e. The maximum Gasteiger partial charge on any atom is 0.407 e. The number of anilines is 1. The minimum atomic E-state index is -0.535. The molecule has 1 aliphatic rings. The normalized spacial score (nSPS) is 14.6. The number of nitrogens with one attached hydrogen (secondary N) is 2. The highest BCUT2D eigenvalue weighted by Gasteiger charge is 2.26. The van der Waals surface area contributed by atoms with Crippen molar-refractivity contribution in [3.05, 3.63) is 11.1 Å². The van der Waals surface area contributed by atoms with Crippen LogP contribution in [0.4, 0.5) is 9.93 Å². The average Bonchev–Trinajstić information content (AvgIpc) is 3.08. The molecule has 2 rings (SSSR count). The van der Waals surface area contributed by atoms with Crippen LogP contribution in [0.2, 0.25) is 0 Å². The number of carbonyl (C=O) groups is 2. The van der Waals surface area contributed by atoms with E-state index in [-0.39, 0.29) is 18.9 Å². The second-order valence-electron chi connectivity index (χ2n) is 6.08. The summed E-state index contributed by atoms with van der Waals surface area (Å²) in [6.07, 6.45) is 2.06. The summed E-state index contributed by atoms with van der Waals surface area (Å²) in [4.78, 5) is 27.5. The molecule has 1 aromatic heterocycles. The van der Waals surface area contributed by atoms with Crippen molar-refractivity contribution >= 4 is 28.5 Å². The first-order valence-corrected chi connectivity index (χ1v) is 7.93. The molecule has 0 aromatic carbocycles. The monoisotopic (exact) mass is 311 g/mol. The molecule has 0 unspecified atom stereocenters. The molecule has 21 heavy (non-hydrogen) atoms. The molecule has 2 N–H and O–H groups in total. The lowest BCUT2D eigenvalue weighted by molar-refractivity contribution is -0.116. The van der Waals surface area contributed by atoms with Crippen LogP contribution in [0, 0.1) is 0 Å². The quantitative estimate of drug-likeness (QED) is 0.876. The second-order valence-corrected chi connectivity index (χ2v) is 6.94. The van der Waals surface area contributed by atoms with Crippen LogP contribution in [0.1, 0.15) is 51.6 Å². The predicted octanol–water partition coefficient (Wildman–Crippen LogP) is 2.87. The number of ether oxygens (including phenoxy) is 1. The van der Waals surface area contributed by atoms with E-state index in [4.69, 9.17) is 4.74 Å². The van der Waals surface area contributed by atoms with Crippen molar-refractivity contribution in [2.75, 3.05) is 11.9 Å². The van der Waals surface area contributed by atoms with Crippen molar-refractivity contribution in [3.8, 4) is 0 Å². The van der Waals surface area contributed by atoms with E-state index in [9.17, 15) is 9.59 Å². The Bertz CT molecular complexity index is 518. The van der Waals surface area contributed by atoms with E-state index < -0.39 is 11.7 Å². The van der Waals surface area contributed by atoms with Gasteiger partial charge in [-0.1, -0.05) is 0 Å². The van der Waals surface area contributed by atoms with Gasteiger partial charge in [0.05, 0.1) is 5.69 Å². The van der Waals surface area contributed by atoms with Crippen LogP contribution in [0.5, 0.6) is 0 Å². The van der Waals surface area contributed by atoms with Crippen LogP contribution in [0.15, 0.2) is 5.38 Å². The highest BCUT2D eigenvalue weighted by molar-refractivity contribution is 7.13. The van der Waals surface area contributed by atoms with Gasteiger partial charge in [-0.05, 0) is 33.6 Å². The number of hydrogen-bond donors (Lipinski definition) is 2. The fraction of sp³-hybridized carbons (Fsp3) is 0.643. The van der Waals surface area contributed by atoms with E-state index in [1.54, 1.807) is 20.8 Å². The number of nitrogens with zero attached hydrogens (tertiary/aromatic N) is 1. The Labute approximate surface area is 128 Å². The third kappa shape index (κ3) is 5.71. The minimum Gasteiger partial charge on any atom is -0.444 e. The third-order valence-corrected chi connectivity index (χ3v) is 3.56. The third-order valence-electron chi connectivity index (χ3n) is 2.78. The van der Waals surface area contributed by atoms with Crippen molar-refractivity contribution < 1.29 is 14.3 Å². The Balaban J connectivity index is 1.66. The highest BCUT2D eigenvalue weighted by atomic mass is 32.1. The standard InChI is InChI=1S/C14H21N3O3S/c1-14(2,3)20-13(19)15-7-6-11(18)17-12-16-10(8-21-12)9-4-5-9/h8-9H,4-7H2,1-3H3,(H,15,19)(H,16,17,18). The first-order chi connectivity index (χ1) is 9.83. The van der Waals surface area contributed by atoms with Gasteiger partial charge in [-0.3, -0.25) is 4.79 Å². The van der Waals surface area contributed by atoms with Gasteiger partial charge in [0.15, 0.2) is 5.13 Å². The molecule has 7 heteroatoms. The first-order valence-electron chi connectivity index (χ1n) is 7.05. The molecule has 1 aliphatic carbocycles. The van der Waals surface area contributed by atoms with E-state index in [2.05, 4.69) is 15.6 Å². The van der Waals surface area contributed by atoms with E-state index in [0.29, 0.717) is 11.0 Å². The zero-order chi connectivity index (χ0) is 15.5. The Hall–Kier alpha value is -1.63. The van der Waals surface area contributed by atoms with Crippen LogP contribution in [0.3, 0.4) is 0 Å². The Morgan fingerprint density at radius 1 is 1.43 bits per heavy atom. The van der Waals surface area contributed by atoms with Gasteiger partial charge in [-0.2, -0.15) is 0 Å². The van der Waals surface area contributed by atoms with Gasteiger partial charge in [0.1, 0.15) is 5.60 Å². The van der Waals surface area contributed by atoms with Crippen molar-refractivity contribution in [2.45, 2.75) is 51.6 Å². The highest BCUT2D eigenvalue weighted by Crippen LogP contribution is 2.40. The van der Waals surface area contributed by atoms with Crippen molar-refractivity contribution in [2.24, 2.45) is 0 Å². The summed E-state index contributed by atoms with van der Waals surface area (Å²) in [6, 6.07) is 0. The van der Waals surface area contributed by atoms with E-state index in [1.165, 1.54) is 24.2 Å². The van der Waals surface area contributed by atoms with Gasteiger partial charge in [0.2, 0.25) is 5.91 Å². The van der Waals surface area contributed by atoms with Crippen LogP contribution < -0.4 is 10.6 Å². The predicted molar refractivity (Wildman–Crippen MR) is 81.6 cm³/mol. The summed E-state index contributed by atoms with van der Waals surface area (Å²) < 4.78 is 5.08. The summed E-state index contributed by atoms with van der Waals surface area (Å²) >= 11 is 1.44. The van der Waals surface area contributed by atoms with Crippen LogP contribution in [-0.2, 0) is 9.53 Å². The number of rotatable bonds is 5. The molecular weight excluding hydrogens is 290 g/mol. The molecular formula is C14H21N3O3S. The molecule has 1 aromatic rings. The molecule has 0 spiro atoms. The van der Waals surface area contributed by atoms with Gasteiger partial charge in [0.25, 0.3) is 0 Å². The number of alkyl carbamates (subject to hydrolysis) is 1. The Kier molecular flexibility index (Phi) is 4.82. The van der Waals surface area contributed by atoms with Crippen LogP contribution in [-0.4, -0.2) is 29.1 Å². The maximum atomic E-state index is 11.7. The number of thiazole rings is 1. The van der Waals surface area contributed by atoms with Crippen LogP contribution in [0.25, 0.3) is 0 Å². The zero-order valence-corrected chi connectivity index (χ0v) is 13.4. The molecule has 116 valence electrons. The molecule has 0 saturated heterocycles. The van der Waals surface area contributed by atoms with Gasteiger partial charge < -0.3 is 15.4 Å². The van der Waals surface area contributed by atoms with Gasteiger partial charge in [-0.15, -0.1) is 11.3 Å². The summed E-state index contributed by atoms with van der Waals surface area (Å²) in [5, 5.41) is 7.91. The molecule has 1 fully saturated rings. The van der Waals surface area contributed by atoms with Gasteiger partial charge in [0, 0.05) is 24.3 Å². The maximum absolute atomic E-state index is 11.7. The molecule has 0 radical (unpaired) electrons. The Morgan fingerprint density at radius 3 is 2.76 bits per heavy atom. The number of aromatic nitrogens is 1. The summed E-state index contributed by atoms with van der Waals surface area (Å²) in [6.45, 7) is 5.61. The Morgan fingerprint density at radius 2 is 2.14 bits per heavy atom. The van der Waals surface area contributed by atoms with E-state index in [0.717, 1.165) is 5.69 Å². The average molecular weight is 311 g/mol. The summed E-state index contributed by atoms with van der Waals surface area (Å²) in [5.74, 6) is 0.420. The zero-order valence-electron chi connectivity index (χ0n) is 12.6. The molecule has 0 atom stereocenters. The smallest absolute Gasteiger partial charge is 0.407 e. The van der Waals surface area contributed by atoms with Crippen molar-refractivity contribution in [3.63, 3.8) is 0 Å². The lowest BCUT2D eigenvalue weighted by atomic mass is 10.2. The lowest BCUT2D eigenvalue weighted by Gasteiger charge is -2.19. The molecule has 1 heterocycles. The number of carbonyl (C=O) groups excluding carboxylic acids is 2. The van der Waals surface area contributed by atoms with Crippen molar-refractivity contribution in [1.29, 1.82) is 0 Å².